The first-order valence-electron chi connectivity index (χ1n) is 10.2. The van der Waals surface area contributed by atoms with Crippen LogP contribution < -0.4 is 4.74 Å². The molecule has 0 spiro atoms. The van der Waals surface area contributed by atoms with Crippen LogP contribution in [0.3, 0.4) is 0 Å². The number of carboxylic acids is 1. The second-order valence-electron chi connectivity index (χ2n) is 7.53. The fourth-order valence-electron chi connectivity index (χ4n) is 4.15. The van der Waals surface area contributed by atoms with Crippen LogP contribution in [-0.4, -0.2) is 28.6 Å². The van der Waals surface area contributed by atoms with Crippen LogP contribution in [0.1, 0.15) is 36.4 Å². The minimum atomic E-state index is -0.758. The largest absolute Gasteiger partial charge is 0.480 e. The summed E-state index contributed by atoms with van der Waals surface area (Å²) in [6, 6.07) is 25.1. The highest BCUT2D eigenvalue weighted by Gasteiger charge is 2.35. The van der Waals surface area contributed by atoms with Crippen molar-refractivity contribution >= 4 is 21.9 Å². The molecule has 0 aliphatic carbocycles. The summed E-state index contributed by atoms with van der Waals surface area (Å²) in [6.45, 7) is 0.748. The van der Waals surface area contributed by atoms with Crippen LogP contribution in [0.15, 0.2) is 83.3 Å². The first kappa shape index (κ1) is 20.6. The molecule has 0 radical (unpaired) electrons. The topological polar surface area (TPSA) is 49.8 Å². The molecule has 0 bridgehead atoms. The Kier molecular flexibility index (Phi) is 6.50. The fraction of sp³-hybridized carbons (Fsp3) is 0.240. The third-order valence-electron chi connectivity index (χ3n) is 5.48. The lowest BCUT2D eigenvalue weighted by Gasteiger charge is -2.39. The third kappa shape index (κ3) is 4.74. The number of benzene rings is 3. The third-order valence-corrected chi connectivity index (χ3v) is 5.97. The van der Waals surface area contributed by atoms with E-state index in [1.54, 1.807) is 0 Å². The van der Waals surface area contributed by atoms with Gasteiger partial charge in [-0.1, -0.05) is 64.8 Å². The van der Waals surface area contributed by atoms with E-state index >= 15 is 0 Å². The molecule has 0 saturated carbocycles. The Morgan fingerprint density at radius 1 is 0.933 bits per heavy atom. The molecule has 1 saturated heterocycles. The Morgan fingerprint density at radius 2 is 1.63 bits per heavy atom. The number of hydrogen-bond acceptors (Lipinski definition) is 3. The standard InChI is InChI=1S/C25H24BrNO3/c26-20-10-6-8-18(16-20)24(27-15-5-4-14-23(27)25(28)29)19-9-7-13-22(17-19)30-21-11-2-1-3-12-21/h1-3,6-13,16-17,23-24H,4-5,14-15H2,(H,28,29). The van der Waals surface area contributed by atoms with Crippen LogP contribution in [0.2, 0.25) is 0 Å². The minimum Gasteiger partial charge on any atom is -0.480 e. The van der Waals surface area contributed by atoms with E-state index in [2.05, 4.69) is 39.0 Å². The van der Waals surface area contributed by atoms with Gasteiger partial charge in [0.05, 0.1) is 6.04 Å². The van der Waals surface area contributed by atoms with Gasteiger partial charge < -0.3 is 9.84 Å². The molecule has 154 valence electrons. The van der Waals surface area contributed by atoms with Gasteiger partial charge in [0.25, 0.3) is 0 Å². The maximum Gasteiger partial charge on any atom is 0.320 e. The fourth-order valence-corrected chi connectivity index (χ4v) is 4.57. The summed E-state index contributed by atoms with van der Waals surface area (Å²) < 4.78 is 7.02. The van der Waals surface area contributed by atoms with Crippen LogP contribution in [0.25, 0.3) is 0 Å². The van der Waals surface area contributed by atoms with E-state index in [1.807, 2.05) is 60.7 Å². The summed E-state index contributed by atoms with van der Waals surface area (Å²) in [7, 11) is 0. The van der Waals surface area contributed by atoms with Crippen molar-refractivity contribution in [3.05, 3.63) is 94.5 Å². The van der Waals surface area contributed by atoms with Gasteiger partial charge in [-0.05, 0) is 66.9 Å². The predicted molar refractivity (Wildman–Crippen MR) is 121 cm³/mol. The van der Waals surface area contributed by atoms with Crippen LogP contribution in [0.4, 0.5) is 0 Å². The van der Waals surface area contributed by atoms with Gasteiger partial charge in [-0.3, -0.25) is 9.69 Å². The van der Waals surface area contributed by atoms with Crippen molar-refractivity contribution in [3.8, 4) is 11.5 Å². The van der Waals surface area contributed by atoms with Crippen molar-refractivity contribution in [1.82, 2.24) is 4.90 Å². The average molecular weight is 466 g/mol. The SMILES string of the molecule is O=C(O)C1CCCCN1C(c1cccc(Br)c1)c1cccc(Oc2ccccc2)c1. The van der Waals surface area contributed by atoms with Gasteiger partial charge in [0.1, 0.15) is 17.5 Å². The highest BCUT2D eigenvalue weighted by molar-refractivity contribution is 9.10. The quantitative estimate of drug-likeness (QED) is 0.465. The number of ether oxygens (including phenoxy) is 1. The van der Waals surface area contributed by atoms with Gasteiger partial charge in [0.15, 0.2) is 0 Å². The molecule has 4 rings (SSSR count). The number of nitrogens with zero attached hydrogens (tertiary/aromatic N) is 1. The molecule has 1 fully saturated rings. The second kappa shape index (κ2) is 9.45. The lowest BCUT2D eigenvalue weighted by atomic mass is 9.91. The molecule has 1 N–H and O–H groups in total. The number of carboxylic acid groups (broad SMARTS) is 1. The zero-order chi connectivity index (χ0) is 20.9. The summed E-state index contributed by atoms with van der Waals surface area (Å²) in [5.74, 6) is 0.754. The van der Waals surface area contributed by atoms with Crippen molar-refractivity contribution in [2.24, 2.45) is 0 Å². The second-order valence-corrected chi connectivity index (χ2v) is 8.45. The Balaban J connectivity index is 1.74. The van der Waals surface area contributed by atoms with Crippen molar-refractivity contribution < 1.29 is 14.6 Å². The molecule has 0 amide bonds. The Bertz CT molecular complexity index is 1010. The molecule has 2 atom stereocenters. The lowest BCUT2D eigenvalue weighted by molar-refractivity contribution is -0.145. The summed E-state index contributed by atoms with van der Waals surface area (Å²) in [5.41, 5.74) is 2.09. The number of para-hydroxylation sites is 1. The van der Waals surface area contributed by atoms with E-state index in [-0.39, 0.29) is 6.04 Å². The molecule has 3 aromatic rings. The van der Waals surface area contributed by atoms with Gasteiger partial charge in [-0.25, -0.2) is 0 Å². The van der Waals surface area contributed by atoms with Crippen molar-refractivity contribution in [2.45, 2.75) is 31.3 Å². The van der Waals surface area contributed by atoms with E-state index in [4.69, 9.17) is 4.74 Å². The smallest absolute Gasteiger partial charge is 0.320 e. The van der Waals surface area contributed by atoms with Gasteiger partial charge in [-0.15, -0.1) is 0 Å². The van der Waals surface area contributed by atoms with Crippen LogP contribution in [0, 0.1) is 0 Å². The Hall–Kier alpha value is -2.63. The summed E-state index contributed by atoms with van der Waals surface area (Å²) in [4.78, 5) is 14.2. The molecular formula is C25H24BrNO3. The first-order valence-corrected chi connectivity index (χ1v) is 11.0. The van der Waals surface area contributed by atoms with E-state index < -0.39 is 12.0 Å². The number of carbonyl (C=O) groups is 1. The summed E-state index contributed by atoms with van der Waals surface area (Å²) >= 11 is 3.57. The van der Waals surface area contributed by atoms with Gasteiger partial charge in [0.2, 0.25) is 0 Å². The van der Waals surface area contributed by atoms with Crippen LogP contribution in [-0.2, 0) is 4.79 Å². The normalized spacial score (nSPS) is 18.0. The molecule has 30 heavy (non-hydrogen) atoms. The number of halogens is 1. The number of piperidine rings is 1. The number of aliphatic carboxylic acids is 1. The highest BCUT2D eigenvalue weighted by atomic mass is 79.9. The van der Waals surface area contributed by atoms with Gasteiger partial charge in [-0.2, -0.15) is 0 Å². The monoisotopic (exact) mass is 465 g/mol. The van der Waals surface area contributed by atoms with Gasteiger partial charge >= 0.3 is 5.97 Å². The highest BCUT2D eigenvalue weighted by Crippen LogP contribution is 2.37. The molecule has 1 heterocycles. The number of hydrogen-bond donors (Lipinski definition) is 1. The molecule has 1 aliphatic rings. The van der Waals surface area contributed by atoms with Crippen molar-refractivity contribution in [1.29, 1.82) is 0 Å². The van der Waals surface area contributed by atoms with Crippen LogP contribution in [0.5, 0.6) is 11.5 Å². The predicted octanol–water partition coefficient (Wildman–Crippen LogP) is 6.27. The zero-order valence-electron chi connectivity index (χ0n) is 16.6. The molecule has 5 heteroatoms. The van der Waals surface area contributed by atoms with Crippen LogP contribution >= 0.6 is 15.9 Å². The van der Waals surface area contributed by atoms with E-state index in [0.29, 0.717) is 6.42 Å². The van der Waals surface area contributed by atoms with E-state index in [9.17, 15) is 9.90 Å². The average Bonchev–Trinajstić information content (AvgIpc) is 2.75. The summed E-state index contributed by atoms with van der Waals surface area (Å²) in [6.07, 6.45) is 2.60. The van der Waals surface area contributed by atoms with Crippen molar-refractivity contribution in [2.75, 3.05) is 6.54 Å². The minimum absolute atomic E-state index is 0.164. The van der Waals surface area contributed by atoms with Gasteiger partial charge in [0, 0.05) is 4.47 Å². The molecule has 3 aromatic carbocycles. The Labute approximate surface area is 185 Å². The van der Waals surface area contributed by atoms with E-state index in [1.165, 1.54) is 0 Å². The molecule has 0 aromatic heterocycles. The molecule has 4 nitrogen and oxygen atoms in total. The maximum atomic E-state index is 12.0. The summed E-state index contributed by atoms with van der Waals surface area (Å²) in [5, 5.41) is 9.88. The van der Waals surface area contributed by atoms with Crippen molar-refractivity contribution in [3.63, 3.8) is 0 Å². The molecule has 1 aliphatic heterocycles. The molecule has 2 unspecified atom stereocenters. The van der Waals surface area contributed by atoms with E-state index in [0.717, 1.165) is 46.5 Å². The Morgan fingerprint density at radius 3 is 2.37 bits per heavy atom. The lowest BCUT2D eigenvalue weighted by Crippen LogP contribution is -2.46. The zero-order valence-corrected chi connectivity index (χ0v) is 18.2. The molecular weight excluding hydrogens is 442 g/mol. The number of likely N-dealkylation sites (tertiary alicyclic amines) is 1. The number of rotatable bonds is 6. The first-order chi connectivity index (χ1) is 14.6. The maximum absolute atomic E-state index is 12.0.